The highest BCUT2D eigenvalue weighted by molar-refractivity contribution is 7.99. The number of thioether (sulfide) groups is 2. The van der Waals surface area contributed by atoms with Gasteiger partial charge in [0, 0.05) is 236 Å². The Morgan fingerprint density at radius 3 is 1.61 bits per heavy atom. The molecule has 4 aliphatic rings. The number of aliphatic hydroxyl groups excluding tert-OH is 3. The molecule has 10 aromatic carbocycles. The van der Waals surface area contributed by atoms with Gasteiger partial charge in [-0.25, -0.2) is 26.4 Å². The summed E-state index contributed by atoms with van der Waals surface area (Å²) in [7, 11) is -2.33. The number of nitrogens with zero attached hydrogens (tertiary/aromatic N) is 11. The summed E-state index contributed by atoms with van der Waals surface area (Å²) < 4.78 is 63.6. The topological polar surface area (TPSA) is 339 Å². The molecule has 147 heavy (non-hydrogen) atoms. The Kier molecular flexibility index (Phi) is 38.5. The van der Waals surface area contributed by atoms with Crippen LogP contribution in [0.5, 0.6) is 0 Å². The molecule has 12 aromatic rings. The molecule has 0 aliphatic carbocycles. The molecule has 35 heteroatoms. The van der Waals surface area contributed by atoms with Crippen LogP contribution in [0.2, 0.25) is 10.0 Å². The summed E-state index contributed by atoms with van der Waals surface area (Å²) in [5, 5.41) is 64.5. The lowest BCUT2D eigenvalue weighted by molar-refractivity contribution is -0.384. The van der Waals surface area contributed by atoms with Crippen molar-refractivity contribution in [3.8, 4) is 44.6 Å². The van der Waals surface area contributed by atoms with Gasteiger partial charge in [-0.05, 0) is 273 Å². The van der Waals surface area contributed by atoms with E-state index in [-0.39, 0.29) is 46.7 Å². The number of aliphatic hydroxyl groups is 3. The first-order valence-corrected chi connectivity index (χ1v) is 56.1. The number of anilines is 7. The number of carboxylic acid groups (broad SMARTS) is 1. The molecule has 16 rings (SSSR count). The highest BCUT2D eigenvalue weighted by Gasteiger charge is 2.33. The highest BCUT2D eigenvalue weighted by atomic mass is 35.5. The van der Waals surface area contributed by atoms with Gasteiger partial charge >= 0.3 is 5.97 Å². The maximum atomic E-state index is 14.5. The van der Waals surface area contributed by atoms with E-state index in [2.05, 4.69) is 127 Å². The fourth-order valence-corrected chi connectivity index (χ4v) is 23.6. The number of aromatic carboxylic acids is 1. The second-order valence-electron chi connectivity index (χ2n) is 38.3. The molecule has 4 aliphatic heterocycles. The smallest absolute Gasteiger partial charge is 0.338 e. The minimum Gasteiger partial charge on any atom is -0.478 e. The van der Waals surface area contributed by atoms with Gasteiger partial charge in [0.05, 0.1) is 44.8 Å². The van der Waals surface area contributed by atoms with Gasteiger partial charge in [-0.1, -0.05) is 121 Å². The lowest BCUT2D eigenvalue weighted by Gasteiger charge is -2.37. The largest absolute Gasteiger partial charge is 0.478 e. The second-order valence-corrected chi connectivity index (χ2v) is 44.8. The Morgan fingerprint density at radius 2 is 1.06 bits per heavy atom. The predicted octanol–water partition coefficient (Wildman–Crippen LogP) is 18.6. The van der Waals surface area contributed by atoms with Gasteiger partial charge in [0.15, 0.2) is 0 Å². The number of rotatable bonds is 44. The lowest BCUT2D eigenvalue weighted by atomic mass is 9.95. The molecule has 0 unspecified atom stereocenters. The van der Waals surface area contributed by atoms with E-state index >= 15 is 0 Å². The number of aromatic nitrogens is 2. The third kappa shape index (κ3) is 29.4. The zero-order chi connectivity index (χ0) is 104. The van der Waals surface area contributed by atoms with E-state index in [4.69, 9.17) is 23.2 Å². The maximum Gasteiger partial charge on any atom is 0.338 e. The highest BCUT2D eigenvalue weighted by Crippen LogP contribution is 2.44. The summed E-state index contributed by atoms with van der Waals surface area (Å²) in [6.45, 7) is 21.1. The van der Waals surface area contributed by atoms with E-state index in [0.29, 0.717) is 90.5 Å². The number of likely N-dealkylation sites (tertiary alicyclic amines) is 1. The third-order valence-electron chi connectivity index (χ3n) is 27.6. The molecule has 778 valence electrons. The second kappa shape index (κ2) is 51.8. The van der Waals surface area contributed by atoms with Crippen molar-refractivity contribution in [3.05, 3.63) is 297 Å². The normalized spacial score (nSPS) is 15.3. The Morgan fingerprint density at radius 1 is 0.537 bits per heavy atom. The summed E-state index contributed by atoms with van der Waals surface area (Å²) in [5.41, 5.74) is 14.2. The van der Waals surface area contributed by atoms with Crippen LogP contribution in [0.15, 0.2) is 268 Å². The number of halogens is 2. The van der Waals surface area contributed by atoms with Crippen molar-refractivity contribution in [1.29, 1.82) is 0 Å². The average Bonchev–Trinajstić information content (AvgIpc) is 1.59. The van der Waals surface area contributed by atoms with Crippen molar-refractivity contribution in [2.75, 3.05) is 192 Å². The van der Waals surface area contributed by atoms with Crippen LogP contribution >= 0.6 is 46.7 Å². The monoisotopic (exact) mass is 2110 g/mol. The Hall–Kier alpha value is -11.9. The van der Waals surface area contributed by atoms with Crippen molar-refractivity contribution < 1.29 is 56.6 Å². The first-order valence-electron chi connectivity index (χ1n) is 50.4. The van der Waals surface area contributed by atoms with Crippen molar-refractivity contribution in [2.45, 2.75) is 129 Å². The van der Waals surface area contributed by atoms with E-state index < -0.39 is 60.1 Å². The van der Waals surface area contributed by atoms with Crippen LogP contribution in [0.4, 0.5) is 45.5 Å². The summed E-state index contributed by atoms with van der Waals surface area (Å²) in [4.78, 5) is 72.9. The molecule has 2 aromatic heterocycles. The Balaban J connectivity index is 0.000000223. The summed E-state index contributed by atoms with van der Waals surface area (Å²) >= 11 is 16.1. The number of nitro groups is 1. The van der Waals surface area contributed by atoms with Crippen molar-refractivity contribution in [1.82, 2.24) is 38.8 Å². The number of unbranched alkanes of at least 4 members (excludes halogenated alkanes) is 1. The minimum atomic E-state index is -4.51. The number of carbonyl (C=O) groups is 3. The molecule has 4 saturated heterocycles. The van der Waals surface area contributed by atoms with Gasteiger partial charge in [-0.3, -0.25) is 24.4 Å². The molecular weight excluding hydrogens is 1980 g/mol. The van der Waals surface area contributed by atoms with Gasteiger partial charge in [0.25, 0.3) is 37.5 Å². The SMILES string of the molecule is CCCCn1c(C)c(C(=O)O)c(-c2cccc(N3CCN(c4ccc(NS(=O)(=O)c5ccc(N[C@H](CCN6CCC(O)CC6)CSc6ccccc6)c(C)c5)cc4)CC3)c2)c1-c1ccc(Cl)cc1.CN(C)CC[C@@H](CSc1ccccc1)Nc1ccc(S(=O)(=O)NC(=O)c2ccc(N3CCN(c4cccc(-c5c(-c6ccc(Cl)cc6)cn(CC[C@H](O)CO)c5C(=O)NCCCN5CCN(C)CC5)c4)CC3)cc2)cc1[N+](=O)[O-]. The number of aryl methyl sites for hydroxylation is 2. The average molecular weight is 2110 g/mol. The Bertz CT molecular complexity index is 6670. The number of carbonyl (C=O) groups excluding carboxylic acids is 2. The molecule has 29 nitrogen and oxygen atoms in total. The van der Waals surface area contributed by atoms with Gasteiger partial charge in [-0.15, -0.1) is 23.5 Å². The number of sulfonamides is 2. The van der Waals surface area contributed by atoms with E-state index in [9.17, 15) is 61.8 Å². The van der Waals surface area contributed by atoms with Crippen LogP contribution in [0.25, 0.3) is 44.6 Å². The van der Waals surface area contributed by atoms with Gasteiger partial charge in [0.2, 0.25) is 0 Å². The first-order chi connectivity index (χ1) is 70.9. The molecule has 3 atom stereocenters. The predicted molar refractivity (Wildman–Crippen MR) is 596 cm³/mol. The van der Waals surface area contributed by atoms with Crippen LogP contribution in [0.1, 0.15) is 101 Å². The van der Waals surface area contributed by atoms with E-state index in [1.807, 2.05) is 195 Å². The fourth-order valence-electron chi connectivity index (χ4n) is 19.2. The number of hydrogen-bond acceptors (Lipinski definition) is 24. The molecule has 0 radical (unpaired) electrons. The standard InChI is InChI=1S/C58H71ClN10O8S2.C54H63ClN6O5S2/c1-63(2)27-23-46(41-78-50-11-5-4-6-12-50)61-53-22-21-51(38-54(53)69(74)75)79(76,77)62-57(72)43-15-19-47(20-16-43)66-33-35-67(36-34-66)48-10-7-9-44(37-48)55-52(42-13-17-45(59)18-14-42)39-68(28-24-49(71)40-70)56(55)58(73)60-25-8-26-65-31-29-64(3)30-32-65;1-4-5-27-61-39(3)51(54(63)64)52(53(61)40-14-16-42(55)17-15-40)41-10-9-11-46(36-41)60-33-31-59(32-34-60)45-20-18-43(19-21-45)57-68(65,66)49-22-23-50(38(2)35-49)56-44(37-67-48-12-7-6-8-13-48)24-28-58-29-25-47(62)26-30-58/h4-7,9-22,37-39,46,49,61,70-71H,8,23-36,40-41H2,1-3H3,(H,60,73)(H,62,72);6-23,35-36,44,47,56-57,62H,4-5,24-34,37H2,1-3H3,(H,63,64)/t46-,49-;44-/m01/s1. The lowest BCUT2D eigenvalue weighted by Crippen LogP contribution is -2.46. The van der Waals surface area contributed by atoms with Gasteiger partial charge in [0.1, 0.15) is 11.4 Å². The van der Waals surface area contributed by atoms with Crippen molar-refractivity contribution >= 4 is 130 Å². The van der Waals surface area contributed by atoms with Gasteiger partial charge < -0.3 is 84.7 Å². The van der Waals surface area contributed by atoms with Crippen LogP contribution < -0.4 is 45.0 Å². The van der Waals surface area contributed by atoms with E-state index in [0.717, 1.165) is 219 Å². The number of likely N-dealkylation sites (N-methyl/N-ethyl adjacent to an activating group) is 1. The molecule has 0 saturated carbocycles. The van der Waals surface area contributed by atoms with Crippen LogP contribution in [-0.2, 0) is 33.1 Å². The number of hydrogen-bond donors (Lipinski definition) is 9. The molecular formula is C112H134Cl2N16O13S4. The quantitative estimate of drug-likeness (QED) is 0.00741. The zero-order valence-electron chi connectivity index (χ0n) is 84.2. The number of carboxylic acids is 1. The van der Waals surface area contributed by atoms with Crippen molar-refractivity contribution in [2.24, 2.45) is 0 Å². The summed E-state index contributed by atoms with van der Waals surface area (Å²) in [6, 6.07) is 74.8. The number of nitrogens with one attached hydrogen (secondary N) is 5. The number of piperazine rings is 3. The number of nitro benzene ring substituents is 1. The van der Waals surface area contributed by atoms with E-state index in [1.54, 1.807) is 48.2 Å². The van der Waals surface area contributed by atoms with Crippen molar-refractivity contribution in [3.63, 3.8) is 0 Å². The number of amides is 2. The van der Waals surface area contributed by atoms with E-state index in [1.165, 1.54) is 17.0 Å². The van der Waals surface area contributed by atoms with Crippen LogP contribution in [0, 0.1) is 24.0 Å². The molecule has 6 heterocycles. The van der Waals surface area contributed by atoms with Gasteiger partial charge in [-0.2, -0.15) is 0 Å². The van der Waals surface area contributed by atoms with Crippen LogP contribution in [-0.4, -0.2) is 270 Å². The summed E-state index contributed by atoms with van der Waals surface area (Å²) in [6.07, 6.45) is 6.96. The summed E-state index contributed by atoms with van der Waals surface area (Å²) in [5.74, 6) is -0.570. The molecule has 0 bridgehead atoms. The third-order valence-corrected chi connectivity index (χ3v) is 33.2. The first kappa shape index (κ1) is 109. The number of piperidine rings is 1. The maximum absolute atomic E-state index is 14.5. The zero-order valence-corrected chi connectivity index (χ0v) is 89.0. The molecule has 9 N–H and O–H groups in total. The molecule has 0 spiro atoms. The Labute approximate surface area is 881 Å². The van der Waals surface area contributed by atoms with Crippen LogP contribution in [0.3, 0.4) is 0 Å². The number of benzene rings is 10. The fraction of sp³-hybridized carbons (Fsp3) is 0.366. The minimum absolute atomic E-state index is 0.102. The molecule has 4 fully saturated rings. The molecule has 2 amide bonds.